The molecule has 28 heavy (non-hydrogen) atoms. The molecule has 0 unspecified atom stereocenters. The van der Waals surface area contributed by atoms with E-state index in [4.69, 9.17) is 4.74 Å². The molecule has 2 N–H and O–H groups in total. The van der Waals surface area contributed by atoms with E-state index in [1.54, 1.807) is 29.1 Å². The average molecular weight is 451 g/mol. The highest BCUT2D eigenvalue weighted by Gasteiger charge is 2.25. The summed E-state index contributed by atoms with van der Waals surface area (Å²) in [6.45, 7) is 9.47. The summed E-state index contributed by atoms with van der Waals surface area (Å²) in [6.07, 6.45) is 3.33. The van der Waals surface area contributed by atoms with Gasteiger partial charge in [-0.1, -0.05) is 29.8 Å². The molecule has 2 aromatic rings. The number of imidazole rings is 1. The number of carbonyl (C=O) groups is 2. The van der Waals surface area contributed by atoms with Crippen LogP contribution in [0.4, 0.5) is 10.5 Å². The lowest BCUT2D eigenvalue weighted by atomic mass is 10.0. The van der Waals surface area contributed by atoms with Gasteiger partial charge >= 0.3 is 12.0 Å². The molecule has 0 spiro atoms. The van der Waals surface area contributed by atoms with E-state index in [-0.39, 0.29) is 30.5 Å². The number of esters is 1. The van der Waals surface area contributed by atoms with Crippen molar-refractivity contribution in [3.8, 4) is 0 Å². The minimum Gasteiger partial charge on any atom is -0.459 e. The van der Waals surface area contributed by atoms with Gasteiger partial charge in [-0.2, -0.15) is 0 Å². The van der Waals surface area contributed by atoms with E-state index >= 15 is 0 Å². The quantitative estimate of drug-likeness (QED) is 0.633. The Labute approximate surface area is 174 Å². The lowest BCUT2D eigenvalue weighted by molar-refractivity contribution is -0.155. The molecule has 0 saturated heterocycles. The number of aromatic nitrogens is 2. The molecule has 0 aliphatic rings. The third-order valence-corrected chi connectivity index (χ3v) is 4.33. The summed E-state index contributed by atoms with van der Waals surface area (Å²) < 4.78 is 8.02. The number of halogens is 1. The summed E-state index contributed by atoms with van der Waals surface area (Å²) >= 11 is 3.37. The van der Waals surface area contributed by atoms with Gasteiger partial charge in [-0.05, 0) is 51.0 Å². The Morgan fingerprint density at radius 2 is 1.86 bits per heavy atom. The van der Waals surface area contributed by atoms with Crippen LogP contribution >= 0.6 is 15.9 Å². The SMILES string of the molecule is CC(C)[C@H](NC(=O)Nc1ccc(Br)cc1)c1nccn1CC(=O)OC(C)(C)C. The van der Waals surface area contributed by atoms with Crippen molar-refractivity contribution in [2.75, 3.05) is 5.32 Å². The first kappa shape index (κ1) is 21.9. The number of urea groups is 1. The summed E-state index contributed by atoms with van der Waals surface area (Å²) in [5, 5.41) is 5.75. The summed E-state index contributed by atoms with van der Waals surface area (Å²) in [5.74, 6) is 0.316. The molecule has 8 heteroatoms. The van der Waals surface area contributed by atoms with Crippen LogP contribution in [0.1, 0.15) is 46.5 Å². The van der Waals surface area contributed by atoms with Gasteiger partial charge in [0.2, 0.25) is 0 Å². The first-order valence-electron chi connectivity index (χ1n) is 9.11. The molecular formula is C20H27BrN4O3. The Balaban J connectivity index is 2.09. The van der Waals surface area contributed by atoms with Crippen molar-refractivity contribution in [2.45, 2.75) is 52.8 Å². The lowest BCUT2D eigenvalue weighted by Crippen LogP contribution is -2.37. The van der Waals surface area contributed by atoms with E-state index in [1.807, 2.05) is 46.8 Å². The molecule has 1 aromatic heterocycles. The molecule has 2 amide bonds. The molecule has 0 radical (unpaired) electrons. The maximum Gasteiger partial charge on any atom is 0.326 e. The smallest absolute Gasteiger partial charge is 0.326 e. The number of ether oxygens (including phenoxy) is 1. The predicted molar refractivity (Wildman–Crippen MR) is 112 cm³/mol. The monoisotopic (exact) mass is 450 g/mol. The minimum absolute atomic E-state index is 0.0336. The Kier molecular flexibility index (Phi) is 7.23. The van der Waals surface area contributed by atoms with Crippen molar-refractivity contribution in [1.29, 1.82) is 0 Å². The zero-order chi connectivity index (χ0) is 20.9. The first-order chi connectivity index (χ1) is 13.0. The van der Waals surface area contributed by atoms with Crippen LogP contribution in [-0.2, 0) is 16.1 Å². The summed E-state index contributed by atoms with van der Waals surface area (Å²) in [7, 11) is 0. The van der Waals surface area contributed by atoms with Crippen LogP contribution in [-0.4, -0.2) is 27.2 Å². The normalized spacial score (nSPS) is 12.5. The van der Waals surface area contributed by atoms with Crippen molar-refractivity contribution in [1.82, 2.24) is 14.9 Å². The van der Waals surface area contributed by atoms with Gasteiger partial charge in [0.1, 0.15) is 18.0 Å². The molecule has 1 aromatic carbocycles. The van der Waals surface area contributed by atoms with Gasteiger partial charge in [0.05, 0.1) is 6.04 Å². The van der Waals surface area contributed by atoms with Gasteiger partial charge in [-0.25, -0.2) is 9.78 Å². The van der Waals surface area contributed by atoms with E-state index in [1.165, 1.54) is 0 Å². The molecule has 0 saturated carbocycles. The standard InChI is InChI=1S/C20H27BrN4O3/c1-13(2)17(24-19(27)23-15-8-6-14(21)7-9-15)18-22-10-11-25(18)12-16(26)28-20(3,4)5/h6-11,13,17H,12H2,1-5H3,(H2,23,24,27)/t17-/m0/s1. The lowest BCUT2D eigenvalue weighted by Gasteiger charge is -2.24. The van der Waals surface area contributed by atoms with Crippen LogP contribution in [0.15, 0.2) is 41.1 Å². The molecule has 2 rings (SSSR count). The summed E-state index contributed by atoms with van der Waals surface area (Å²) in [4.78, 5) is 29.0. The van der Waals surface area contributed by atoms with Crippen molar-refractivity contribution in [3.05, 3.63) is 47.0 Å². The third kappa shape index (κ3) is 6.67. The van der Waals surface area contributed by atoms with Crippen LogP contribution in [0, 0.1) is 5.92 Å². The first-order valence-corrected chi connectivity index (χ1v) is 9.90. The third-order valence-electron chi connectivity index (χ3n) is 3.80. The van der Waals surface area contributed by atoms with Gasteiger partial charge in [-0.15, -0.1) is 0 Å². The van der Waals surface area contributed by atoms with E-state index in [0.29, 0.717) is 11.5 Å². The molecule has 152 valence electrons. The van der Waals surface area contributed by atoms with Crippen molar-refractivity contribution in [3.63, 3.8) is 0 Å². The number of carbonyl (C=O) groups excluding carboxylic acids is 2. The van der Waals surface area contributed by atoms with Crippen molar-refractivity contribution >= 4 is 33.6 Å². The van der Waals surface area contributed by atoms with Crippen LogP contribution in [0.2, 0.25) is 0 Å². The molecule has 0 bridgehead atoms. The van der Waals surface area contributed by atoms with E-state index in [9.17, 15) is 9.59 Å². The fourth-order valence-corrected chi connectivity index (χ4v) is 2.88. The predicted octanol–water partition coefficient (Wildman–Crippen LogP) is 4.51. The topological polar surface area (TPSA) is 85.3 Å². The molecule has 0 aliphatic heterocycles. The minimum atomic E-state index is -0.557. The zero-order valence-electron chi connectivity index (χ0n) is 16.8. The van der Waals surface area contributed by atoms with Gasteiger partial charge < -0.3 is 19.9 Å². The Morgan fingerprint density at radius 3 is 2.43 bits per heavy atom. The molecular weight excluding hydrogens is 424 g/mol. The average Bonchev–Trinajstić information content (AvgIpc) is 3.00. The molecule has 0 aliphatic carbocycles. The number of anilines is 1. The van der Waals surface area contributed by atoms with E-state index in [2.05, 4.69) is 31.5 Å². The number of hydrogen-bond donors (Lipinski definition) is 2. The molecule has 7 nitrogen and oxygen atoms in total. The maximum absolute atomic E-state index is 12.5. The van der Waals surface area contributed by atoms with Crippen molar-refractivity contribution in [2.24, 2.45) is 5.92 Å². The number of nitrogens with one attached hydrogen (secondary N) is 2. The van der Waals surface area contributed by atoms with Crippen LogP contribution in [0.3, 0.4) is 0 Å². The van der Waals surface area contributed by atoms with Crippen LogP contribution in [0.5, 0.6) is 0 Å². The van der Waals surface area contributed by atoms with Crippen LogP contribution in [0.25, 0.3) is 0 Å². The molecule has 1 atom stereocenters. The Hall–Kier alpha value is -2.35. The number of rotatable bonds is 6. The number of hydrogen-bond acceptors (Lipinski definition) is 4. The Bertz CT molecular complexity index is 810. The molecule has 1 heterocycles. The van der Waals surface area contributed by atoms with Gasteiger partial charge in [0.25, 0.3) is 0 Å². The van der Waals surface area contributed by atoms with E-state index in [0.717, 1.165) is 4.47 Å². The second-order valence-electron chi connectivity index (χ2n) is 7.83. The van der Waals surface area contributed by atoms with Crippen molar-refractivity contribution < 1.29 is 14.3 Å². The second-order valence-corrected chi connectivity index (χ2v) is 8.74. The van der Waals surface area contributed by atoms with Gasteiger partial charge in [-0.3, -0.25) is 4.79 Å². The summed E-state index contributed by atoms with van der Waals surface area (Å²) in [5.41, 5.74) is 0.123. The highest BCUT2D eigenvalue weighted by atomic mass is 79.9. The zero-order valence-corrected chi connectivity index (χ0v) is 18.4. The fourth-order valence-electron chi connectivity index (χ4n) is 2.62. The van der Waals surface area contributed by atoms with Gasteiger partial charge in [0.15, 0.2) is 0 Å². The largest absolute Gasteiger partial charge is 0.459 e. The second kappa shape index (κ2) is 9.23. The number of benzene rings is 1. The van der Waals surface area contributed by atoms with Crippen LogP contribution < -0.4 is 10.6 Å². The molecule has 0 fully saturated rings. The maximum atomic E-state index is 12.5. The van der Waals surface area contributed by atoms with Gasteiger partial charge in [0, 0.05) is 22.6 Å². The highest BCUT2D eigenvalue weighted by molar-refractivity contribution is 9.10. The fraction of sp³-hybridized carbons (Fsp3) is 0.450. The Morgan fingerprint density at radius 1 is 1.21 bits per heavy atom. The highest BCUT2D eigenvalue weighted by Crippen LogP contribution is 2.21. The van der Waals surface area contributed by atoms with E-state index < -0.39 is 5.60 Å². The number of nitrogens with zero attached hydrogens (tertiary/aromatic N) is 2. The number of amides is 2. The summed E-state index contributed by atoms with van der Waals surface area (Å²) in [6, 6.07) is 6.60.